The first-order valence-corrected chi connectivity index (χ1v) is 39.2. The van der Waals surface area contributed by atoms with Crippen molar-refractivity contribution in [1.29, 1.82) is 0 Å². The normalized spacial score (nSPS) is 47.6. The van der Waals surface area contributed by atoms with Gasteiger partial charge in [0.05, 0.1) is 122 Å². The van der Waals surface area contributed by atoms with Gasteiger partial charge in [0.2, 0.25) is 0 Å². The second-order valence-electron chi connectivity index (χ2n) is 32.0. The summed E-state index contributed by atoms with van der Waals surface area (Å²) < 4.78 is 74.7. The van der Waals surface area contributed by atoms with Gasteiger partial charge in [0.25, 0.3) is 0 Å². The lowest BCUT2D eigenvalue weighted by atomic mass is 9.79. The zero-order valence-corrected chi connectivity index (χ0v) is 64.7. The number of esters is 1. The summed E-state index contributed by atoms with van der Waals surface area (Å²) in [6.45, 7) is 20.0. The van der Waals surface area contributed by atoms with E-state index in [0.29, 0.717) is 32.1 Å². The van der Waals surface area contributed by atoms with Crippen molar-refractivity contribution < 1.29 is 154 Å². The van der Waals surface area contributed by atoms with Gasteiger partial charge in [0, 0.05) is 80.6 Å². The lowest BCUT2D eigenvalue weighted by Crippen LogP contribution is -2.65. The first kappa shape index (κ1) is 92.4. The van der Waals surface area contributed by atoms with Crippen molar-refractivity contribution in [2.24, 2.45) is 35.5 Å². The fourth-order valence-corrected chi connectivity index (χ4v) is 15.6. The van der Waals surface area contributed by atoms with Crippen LogP contribution in [0, 0.1) is 35.5 Å². The standard InChI is InChI=1S/C77H132O31/c1-13-56(103-63-29-27-58(43(9)98-63)104-62-28-26-50(81)42(8)97-62)39(5)65(88)41(7)66(89)40(6)57-22-18-14-16-21-48(79)31-51(82)37(3)52(83)32-53(84)38(4)59-33-55(86)74(95)77(96,108-59)35-60(36(2)24-25-49(80)30-47(78)20-17-15-19-23-61(87)102-57)105-76-73(107-75-71(94)70(93)68(91)45(11)100-75)72(69(92)46(12)101-76)106-64-34-54(85)67(90)44(10)99-64/h14-19,21,23,36-60,62-76,78-86,88-96H,13,20,22,24-35H2,1-12H3/b17-15-,18-14-,21-16-,23-19-/t36?,37?,38?,39?,40?,41?,42-,43-,44-,45-,46-,47?,48?,49?,50+,51?,52?,53?,54-,55?,56?,57?,58+,59?,60?,62+,63+,64+,65?,66?,67-,68-,69-,70+,71-,72+,73-,74?,75+,76+,77?/m1/s1. The van der Waals surface area contributed by atoms with Gasteiger partial charge in [-0.15, -0.1) is 0 Å². The maximum atomic E-state index is 13.6. The van der Waals surface area contributed by atoms with E-state index in [1.807, 2.05) is 27.7 Å². The second kappa shape index (κ2) is 42.8. The molecule has 0 aromatic rings. The van der Waals surface area contributed by atoms with Crippen molar-refractivity contribution in [1.82, 2.24) is 0 Å². The average Bonchev–Trinajstić information content (AvgIpc) is 0.772. The molecule has 6 saturated heterocycles. The van der Waals surface area contributed by atoms with E-state index in [-0.39, 0.29) is 76.1 Å². The molecule has 21 unspecified atom stereocenters. The number of aliphatic hydroxyl groups excluding tert-OH is 17. The van der Waals surface area contributed by atoms with E-state index >= 15 is 0 Å². The number of aliphatic hydroxyl groups is 18. The maximum absolute atomic E-state index is 13.6. The van der Waals surface area contributed by atoms with E-state index in [9.17, 15) is 96.7 Å². The van der Waals surface area contributed by atoms with Gasteiger partial charge in [0.15, 0.2) is 37.2 Å². The van der Waals surface area contributed by atoms with Crippen molar-refractivity contribution in [3.8, 4) is 0 Å². The zero-order chi connectivity index (χ0) is 79.9. The summed E-state index contributed by atoms with van der Waals surface area (Å²) in [5.74, 6) is -8.32. The molecule has 108 heavy (non-hydrogen) atoms. The molecular weight excluding hydrogens is 1420 g/mol. The molecule has 0 saturated carbocycles. The van der Waals surface area contributed by atoms with E-state index in [2.05, 4.69) is 0 Å². The van der Waals surface area contributed by atoms with Crippen LogP contribution in [0.4, 0.5) is 0 Å². The molecule has 0 aromatic heterocycles. The summed E-state index contributed by atoms with van der Waals surface area (Å²) in [6, 6.07) is 0. The Labute approximate surface area is 634 Å². The van der Waals surface area contributed by atoms with Crippen LogP contribution in [-0.4, -0.2) is 312 Å². The number of hydrogen-bond donors (Lipinski definition) is 18. The summed E-state index contributed by atoms with van der Waals surface area (Å²) in [6.07, 6.45) is -28.8. The van der Waals surface area contributed by atoms with Crippen molar-refractivity contribution >= 4 is 5.97 Å². The van der Waals surface area contributed by atoms with Gasteiger partial charge < -0.3 is 149 Å². The van der Waals surface area contributed by atoms with Gasteiger partial charge in [-0.3, -0.25) is 0 Å². The van der Waals surface area contributed by atoms with Crippen LogP contribution >= 0.6 is 0 Å². The highest BCUT2D eigenvalue weighted by Crippen LogP contribution is 2.42. The molecule has 31 heteroatoms. The maximum Gasteiger partial charge on any atom is 0.331 e. The third-order valence-corrected chi connectivity index (χ3v) is 23.5. The molecular formula is C77H132O31. The third kappa shape index (κ3) is 25.4. The van der Waals surface area contributed by atoms with Gasteiger partial charge in [-0.2, -0.15) is 0 Å². The molecule has 31 nitrogen and oxygen atoms in total. The van der Waals surface area contributed by atoms with Gasteiger partial charge >= 0.3 is 5.97 Å². The summed E-state index contributed by atoms with van der Waals surface area (Å²) in [4.78, 5) is 13.6. The van der Waals surface area contributed by atoms with E-state index in [4.69, 9.17) is 56.8 Å². The van der Waals surface area contributed by atoms with Gasteiger partial charge in [0.1, 0.15) is 54.9 Å². The van der Waals surface area contributed by atoms with Gasteiger partial charge in [-0.1, -0.05) is 91.0 Å². The highest BCUT2D eigenvalue weighted by molar-refractivity contribution is 5.82. The fourth-order valence-electron chi connectivity index (χ4n) is 15.6. The highest BCUT2D eigenvalue weighted by Gasteiger charge is 2.56. The summed E-state index contributed by atoms with van der Waals surface area (Å²) in [7, 11) is 0. The number of rotatable bonds is 17. The van der Waals surface area contributed by atoms with Crippen molar-refractivity contribution in [3.63, 3.8) is 0 Å². The van der Waals surface area contributed by atoms with Crippen molar-refractivity contribution in [2.75, 3.05) is 0 Å². The number of hydrogen-bond acceptors (Lipinski definition) is 31. The second-order valence-corrected chi connectivity index (χ2v) is 32.0. The lowest BCUT2D eigenvalue weighted by molar-refractivity contribution is -0.390. The number of carbonyl (C=O) groups excluding carboxylic acids is 1. The summed E-state index contributed by atoms with van der Waals surface area (Å²) in [5, 5.41) is 205. The quantitative estimate of drug-likeness (QED) is 0.0891. The Morgan fingerprint density at radius 3 is 1.79 bits per heavy atom. The number of cyclic esters (lactones) is 1. The largest absolute Gasteiger partial charge is 0.458 e. The minimum Gasteiger partial charge on any atom is -0.458 e. The Morgan fingerprint density at radius 1 is 0.491 bits per heavy atom. The predicted octanol–water partition coefficient (Wildman–Crippen LogP) is 0.697. The minimum absolute atomic E-state index is 0.00606. The van der Waals surface area contributed by atoms with Gasteiger partial charge in [-0.05, 0) is 91.9 Å². The first-order chi connectivity index (χ1) is 50.8. The monoisotopic (exact) mass is 1550 g/mol. The van der Waals surface area contributed by atoms with Crippen LogP contribution in [0.2, 0.25) is 0 Å². The Morgan fingerprint density at radius 2 is 1.11 bits per heavy atom. The molecule has 7 aliphatic heterocycles. The third-order valence-electron chi connectivity index (χ3n) is 23.5. The topological polar surface area (TPSA) is 492 Å². The molecule has 7 rings (SSSR count). The van der Waals surface area contributed by atoms with Crippen LogP contribution in [0.5, 0.6) is 0 Å². The molecule has 626 valence electrons. The van der Waals surface area contributed by atoms with E-state index in [1.165, 1.54) is 58.9 Å². The molecule has 0 radical (unpaired) electrons. The van der Waals surface area contributed by atoms with E-state index < -0.39 is 244 Å². The molecule has 18 N–H and O–H groups in total. The Bertz CT molecular complexity index is 2740. The van der Waals surface area contributed by atoms with Crippen LogP contribution in [0.25, 0.3) is 0 Å². The molecule has 2 bridgehead atoms. The van der Waals surface area contributed by atoms with Crippen LogP contribution in [0.15, 0.2) is 48.6 Å². The Hall–Kier alpha value is -2.73. The molecule has 0 aromatic carbocycles. The molecule has 41 atom stereocenters. The molecule has 0 amide bonds. The molecule has 6 fully saturated rings. The molecule has 7 heterocycles. The van der Waals surface area contributed by atoms with E-state index in [0.717, 1.165) is 6.08 Å². The Kier molecular flexibility index (Phi) is 36.6. The predicted molar refractivity (Wildman–Crippen MR) is 384 cm³/mol. The van der Waals surface area contributed by atoms with Crippen LogP contribution in [-0.2, 0) is 61.6 Å². The minimum atomic E-state index is -2.72. The number of fused-ring (bicyclic) bond motifs is 2. The number of carbonyl (C=O) groups is 1. The fraction of sp³-hybridized carbons (Fsp3) is 0.883. The highest BCUT2D eigenvalue weighted by atomic mass is 16.8. The number of allylic oxidation sites excluding steroid dienone is 4. The lowest BCUT2D eigenvalue weighted by Gasteiger charge is -2.50. The summed E-state index contributed by atoms with van der Waals surface area (Å²) in [5.41, 5.74) is 0. The SMILES string of the molecule is CCC(O[C@H]1CC[C@H](O[C@H]2CC[C@H](O)[C@@H](C)O2)[C@@H](C)O1)C(C)C(O)C(C)C(O)C(C)C1C/C=C\C=C/C(O)CC(O)C(C)C(O)CC(O)C(C)C2CC(O)C(O)C(O)(CC(O[C@@H]3O[C@H](C)[C@@H](O)[C@H](O[C@H]4C[C@@H](O)[C@H](O)[C@@H](C)O4)[C@H]3O[C@@H]3O[C@H](C)[C@@H](O)[C@H](O)[C@H]3O)C(C)CCC(O)CC(O)C/C=C\C=C/C(=O)O1)O2. The van der Waals surface area contributed by atoms with Crippen LogP contribution in [0.3, 0.4) is 0 Å². The zero-order valence-electron chi connectivity index (χ0n) is 64.7. The van der Waals surface area contributed by atoms with E-state index in [1.54, 1.807) is 39.0 Å². The van der Waals surface area contributed by atoms with Gasteiger partial charge in [-0.25, -0.2) is 4.79 Å². The van der Waals surface area contributed by atoms with Crippen molar-refractivity contribution in [2.45, 2.75) is 394 Å². The summed E-state index contributed by atoms with van der Waals surface area (Å²) >= 11 is 0. The Balaban J connectivity index is 1.09. The van der Waals surface area contributed by atoms with Crippen LogP contribution < -0.4 is 0 Å². The van der Waals surface area contributed by atoms with Crippen LogP contribution in [0.1, 0.15) is 179 Å². The molecule has 0 spiro atoms. The smallest absolute Gasteiger partial charge is 0.331 e. The number of ether oxygens (including phenoxy) is 12. The van der Waals surface area contributed by atoms with Crippen molar-refractivity contribution in [3.05, 3.63) is 48.6 Å². The molecule has 0 aliphatic carbocycles. The average molecular weight is 1550 g/mol. The molecule has 7 aliphatic rings. The first-order valence-electron chi connectivity index (χ1n) is 39.2.